The van der Waals surface area contributed by atoms with Crippen molar-refractivity contribution < 1.29 is 9.90 Å². The lowest BCUT2D eigenvalue weighted by Crippen LogP contribution is -2.14. The van der Waals surface area contributed by atoms with E-state index in [9.17, 15) is 4.79 Å². The third kappa shape index (κ3) is 4.16. The van der Waals surface area contributed by atoms with Crippen molar-refractivity contribution in [1.82, 2.24) is 5.32 Å². The summed E-state index contributed by atoms with van der Waals surface area (Å²) in [5.41, 5.74) is 2.92. The Morgan fingerprint density at radius 2 is 2.05 bits per heavy atom. The SMILES string of the molecule is CC(=O)Nc1ccsc1CNCc1cccc(CO)c1. The zero-order chi connectivity index (χ0) is 14.4. The molecule has 0 radical (unpaired) electrons. The van der Waals surface area contributed by atoms with Gasteiger partial charge >= 0.3 is 0 Å². The van der Waals surface area contributed by atoms with Crippen molar-refractivity contribution in [1.29, 1.82) is 0 Å². The molecule has 0 aliphatic heterocycles. The largest absolute Gasteiger partial charge is 0.392 e. The maximum absolute atomic E-state index is 11.1. The van der Waals surface area contributed by atoms with Crippen LogP contribution in [0.15, 0.2) is 35.7 Å². The second-order valence-electron chi connectivity index (χ2n) is 4.52. The summed E-state index contributed by atoms with van der Waals surface area (Å²) in [5.74, 6) is -0.0553. The molecule has 0 spiro atoms. The molecule has 0 saturated heterocycles. The monoisotopic (exact) mass is 290 g/mol. The van der Waals surface area contributed by atoms with Gasteiger partial charge in [-0.15, -0.1) is 11.3 Å². The Bertz CT molecular complexity index is 581. The van der Waals surface area contributed by atoms with Gasteiger partial charge < -0.3 is 15.7 Å². The van der Waals surface area contributed by atoms with Crippen LogP contribution in [-0.4, -0.2) is 11.0 Å². The molecule has 20 heavy (non-hydrogen) atoms. The van der Waals surface area contributed by atoms with Crippen molar-refractivity contribution in [3.8, 4) is 0 Å². The molecule has 5 heteroatoms. The molecule has 0 fully saturated rings. The first-order chi connectivity index (χ1) is 9.69. The molecule has 1 amide bonds. The van der Waals surface area contributed by atoms with E-state index in [1.54, 1.807) is 11.3 Å². The van der Waals surface area contributed by atoms with Gasteiger partial charge in [0.2, 0.25) is 5.91 Å². The molecule has 0 unspecified atom stereocenters. The van der Waals surface area contributed by atoms with Crippen LogP contribution in [0.4, 0.5) is 5.69 Å². The van der Waals surface area contributed by atoms with Gasteiger partial charge in [-0.2, -0.15) is 0 Å². The summed E-state index contributed by atoms with van der Waals surface area (Å²) in [4.78, 5) is 12.2. The highest BCUT2D eigenvalue weighted by atomic mass is 32.1. The Morgan fingerprint density at radius 3 is 2.80 bits per heavy atom. The first-order valence-corrected chi connectivity index (χ1v) is 7.30. The fourth-order valence-corrected chi connectivity index (χ4v) is 2.74. The molecule has 1 aromatic heterocycles. The number of rotatable bonds is 6. The first-order valence-electron chi connectivity index (χ1n) is 6.42. The second-order valence-corrected chi connectivity index (χ2v) is 5.52. The smallest absolute Gasteiger partial charge is 0.221 e. The van der Waals surface area contributed by atoms with Crippen molar-refractivity contribution in [3.63, 3.8) is 0 Å². The molecule has 0 aliphatic rings. The van der Waals surface area contributed by atoms with E-state index in [1.165, 1.54) is 6.92 Å². The highest BCUT2D eigenvalue weighted by Gasteiger charge is 2.05. The van der Waals surface area contributed by atoms with Gasteiger partial charge in [0.25, 0.3) is 0 Å². The number of anilines is 1. The number of aliphatic hydroxyl groups excluding tert-OH is 1. The lowest BCUT2D eigenvalue weighted by atomic mass is 10.1. The predicted octanol–water partition coefficient (Wildman–Crippen LogP) is 2.49. The molecule has 0 aliphatic carbocycles. The van der Waals surface area contributed by atoms with Crippen molar-refractivity contribution in [2.24, 2.45) is 0 Å². The van der Waals surface area contributed by atoms with E-state index in [0.717, 1.165) is 28.2 Å². The molecule has 106 valence electrons. The van der Waals surface area contributed by atoms with E-state index < -0.39 is 0 Å². The zero-order valence-electron chi connectivity index (χ0n) is 11.3. The van der Waals surface area contributed by atoms with Gasteiger partial charge in [-0.1, -0.05) is 24.3 Å². The minimum atomic E-state index is -0.0553. The molecular formula is C15H18N2O2S. The minimum absolute atomic E-state index is 0.0553. The highest BCUT2D eigenvalue weighted by molar-refractivity contribution is 7.10. The molecule has 0 bridgehead atoms. The number of nitrogens with one attached hydrogen (secondary N) is 2. The number of benzene rings is 1. The summed E-state index contributed by atoms with van der Waals surface area (Å²) in [6.07, 6.45) is 0. The van der Waals surface area contributed by atoms with E-state index >= 15 is 0 Å². The molecule has 1 heterocycles. The van der Waals surface area contributed by atoms with Crippen LogP contribution < -0.4 is 10.6 Å². The fourth-order valence-electron chi connectivity index (χ4n) is 1.94. The summed E-state index contributed by atoms with van der Waals surface area (Å²) in [7, 11) is 0. The average Bonchev–Trinajstić information content (AvgIpc) is 2.86. The Balaban J connectivity index is 1.89. The zero-order valence-corrected chi connectivity index (χ0v) is 12.2. The van der Waals surface area contributed by atoms with Crippen LogP contribution in [0.5, 0.6) is 0 Å². The number of thiophene rings is 1. The average molecular weight is 290 g/mol. The van der Waals surface area contributed by atoms with Crippen LogP contribution in [0.2, 0.25) is 0 Å². The third-order valence-electron chi connectivity index (χ3n) is 2.84. The standard InChI is InChI=1S/C15H18N2O2S/c1-11(19)17-14-5-6-20-15(14)9-16-8-12-3-2-4-13(7-12)10-18/h2-7,16,18H,8-10H2,1H3,(H,17,19). The summed E-state index contributed by atoms with van der Waals surface area (Å²) in [6, 6.07) is 9.76. The number of hydrogen-bond acceptors (Lipinski definition) is 4. The normalized spacial score (nSPS) is 10.5. The number of amides is 1. The second kappa shape index (κ2) is 7.19. The topological polar surface area (TPSA) is 61.4 Å². The summed E-state index contributed by atoms with van der Waals surface area (Å²) in [5, 5.41) is 17.2. The van der Waals surface area contributed by atoms with Crippen LogP contribution in [0.3, 0.4) is 0 Å². The number of aliphatic hydroxyl groups is 1. The lowest BCUT2D eigenvalue weighted by Gasteiger charge is -2.07. The van der Waals surface area contributed by atoms with Gasteiger partial charge in [-0.25, -0.2) is 0 Å². The van der Waals surface area contributed by atoms with E-state index in [1.807, 2.05) is 35.7 Å². The summed E-state index contributed by atoms with van der Waals surface area (Å²) >= 11 is 1.62. The molecular weight excluding hydrogens is 272 g/mol. The molecule has 0 atom stereocenters. The summed E-state index contributed by atoms with van der Waals surface area (Å²) < 4.78 is 0. The van der Waals surface area contributed by atoms with Crippen LogP contribution in [0, 0.1) is 0 Å². The van der Waals surface area contributed by atoms with E-state index in [2.05, 4.69) is 10.6 Å². The van der Waals surface area contributed by atoms with Crippen molar-refractivity contribution in [2.45, 2.75) is 26.6 Å². The predicted molar refractivity (Wildman–Crippen MR) is 81.5 cm³/mol. The van der Waals surface area contributed by atoms with Crippen LogP contribution in [-0.2, 0) is 24.5 Å². The molecule has 2 aromatic rings. The van der Waals surface area contributed by atoms with Gasteiger partial charge in [-0.3, -0.25) is 4.79 Å². The number of hydrogen-bond donors (Lipinski definition) is 3. The van der Waals surface area contributed by atoms with Crippen molar-refractivity contribution >= 4 is 22.9 Å². The van der Waals surface area contributed by atoms with Crippen molar-refractivity contribution in [3.05, 3.63) is 51.7 Å². The van der Waals surface area contributed by atoms with Gasteiger partial charge in [0, 0.05) is 24.9 Å². The Labute approximate surface area is 122 Å². The Hall–Kier alpha value is -1.69. The maximum Gasteiger partial charge on any atom is 0.221 e. The summed E-state index contributed by atoms with van der Waals surface area (Å²) in [6.45, 7) is 3.00. The fraction of sp³-hybridized carbons (Fsp3) is 0.267. The van der Waals surface area contributed by atoms with E-state index in [-0.39, 0.29) is 12.5 Å². The van der Waals surface area contributed by atoms with Crippen molar-refractivity contribution in [2.75, 3.05) is 5.32 Å². The van der Waals surface area contributed by atoms with Crippen LogP contribution in [0.1, 0.15) is 22.9 Å². The highest BCUT2D eigenvalue weighted by Crippen LogP contribution is 2.22. The minimum Gasteiger partial charge on any atom is -0.392 e. The Morgan fingerprint density at radius 1 is 1.25 bits per heavy atom. The number of carbonyl (C=O) groups excluding carboxylic acids is 1. The van der Waals surface area contributed by atoms with Gasteiger partial charge in [0.15, 0.2) is 0 Å². The third-order valence-corrected chi connectivity index (χ3v) is 3.77. The quantitative estimate of drug-likeness (QED) is 0.766. The maximum atomic E-state index is 11.1. The molecule has 0 saturated carbocycles. The van der Waals surface area contributed by atoms with E-state index in [4.69, 9.17) is 5.11 Å². The van der Waals surface area contributed by atoms with Gasteiger partial charge in [0.05, 0.1) is 12.3 Å². The van der Waals surface area contributed by atoms with Gasteiger partial charge in [-0.05, 0) is 22.6 Å². The van der Waals surface area contributed by atoms with Crippen LogP contribution >= 0.6 is 11.3 Å². The van der Waals surface area contributed by atoms with Crippen LogP contribution in [0.25, 0.3) is 0 Å². The van der Waals surface area contributed by atoms with Gasteiger partial charge in [0.1, 0.15) is 0 Å². The lowest BCUT2D eigenvalue weighted by molar-refractivity contribution is -0.114. The molecule has 1 aromatic carbocycles. The van der Waals surface area contributed by atoms with E-state index in [0.29, 0.717) is 6.54 Å². The first kappa shape index (κ1) is 14.7. The number of carbonyl (C=O) groups is 1. The molecule has 3 N–H and O–H groups in total. The Kier molecular flexibility index (Phi) is 5.29. The molecule has 4 nitrogen and oxygen atoms in total. The molecule has 2 rings (SSSR count).